The van der Waals surface area contributed by atoms with Crippen LogP contribution in [0.5, 0.6) is 0 Å². The lowest BCUT2D eigenvalue weighted by Crippen LogP contribution is -2.22. The summed E-state index contributed by atoms with van der Waals surface area (Å²) < 4.78 is 42.5. The second-order valence-electron chi connectivity index (χ2n) is 5.10. The van der Waals surface area contributed by atoms with Gasteiger partial charge in [0.15, 0.2) is 0 Å². The molecule has 0 saturated carbocycles. The van der Waals surface area contributed by atoms with Gasteiger partial charge < -0.3 is 4.74 Å². The molecule has 0 N–H and O–H groups in total. The molecule has 0 heterocycles. The molecular weight excluding hydrogens is 293 g/mol. The quantitative estimate of drug-likeness (QED) is 0.584. The molecule has 20 heavy (non-hydrogen) atoms. The van der Waals surface area contributed by atoms with Crippen molar-refractivity contribution in [1.29, 1.82) is 0 Å². The fourth-order valence-corrected chi connectivity index (χ4v) is 1.66. The normalized spacial score (nSPS) is 12.8. The highest BCUT2D eigenvalue weighted by Crippen LogP contribution is 2.35. The molecule has 1 rings (SSSR count). The molecule has 0 aliphatic rings. The van der Waals surface area contributed by atoms with E-state index in [4.69, 9.17) is 16.3 Å². The molecule has 2 nitrogen and oxygen atoms in total. The zero-order valence-corrected chi connectivity index (χ0v) is 12.0. The van der Waals surface area contributed by atoms with Crippen LogP contribution in [0, 0.1) is 0 Å². The Hall–Kier alpha value is -1.49. The summed E-state index contributed by atoms with van der Waals surface area (Å²) in [6.45, 7) is 5.15. The number of halogens is 4. The van der Waals surface area contributed by atoms with Crippen molar-refractivity contribution < 1.29 is 22.7 Å². The molecular formula is C14H14ClF3O2. The van der Waals surface area contributed by atoms with Gasteiger partial charge in [0.05, 0.1) is 10.6 Å². The molecule has 0 aliphatic heterocycles. The molecule has 0 saturated heterocycles. The second kappa shape index (κ2) is 5.87. The minimum absolute atomic E-state index is 0.383. The van der Waals surface area contributed by atoms with Gasteiger partial charge >= 0.3 is 12.1 Å². The Kier molecular flexibility index (Phi) is 4.86. The number of carbonyl (C=O) groups is 1. The van der Waals surface area contributed by atoms with Crippen LogP contribution in [-0.2, 0) is 15.7 Å². The maximum Gasteiger partial charge on any atom is 0.417 e. The number of ether oxygens (including phenoxy) is 1. The smallest absolute Gasteiger partial charge is 0.417 e. The number of hydrogen-bond donors (Lipinski definition) is 0. The van der Waals surface area contributed by atoms with E-state index < -0.39 is 28.3 Å². The van der Waals surface area contributed by atoms with Crippen LogP contribution in [0.3, 0.4) is 0 Å². The molecule has 110 valence electrons. The highest BCUT2D eigenvalue weighted by molar-refractivity contribution is 6.31. The minimum Gasteiger partial charge on any atom is -0.457 e. The summed E-state index contributed by atoms with van der Waals surface area (Å²) in [6.07, 6.45) is -2.01. The zero-order valence-electron chi connectivity index (χ0n) is 11.2. The third-order valence-corrected chi connectivity index (χ3v) is 2.43. The lowest BCUT2D eigenvalue weighted by atomic mass is 10.1. The average molecular weight is 307 g/mol. The van der Waals surface area contributed by atoms with Crippen LogP contribution in [0.2, 0.25) is 5.02 Å². The van der Waals surface area contributed by atoms with E-state index in [2.05, 4.69) is 0 Å². The molecule has 0 unspecified atom stereocenters. The zero-order chi connectivity index (χ0) is 15.6. The third kappa shape index (κ3) is 5.25. The predicted molar refractivity (Wildman–Crippen MR) is 71.3 cm³/mol. The SMILES string of the molecule is CC(C)(C)OC(=O)C=Cc1ccc(C(F)(F)F)c(Cl)c1. The van der Waals surface area contributed by atoms with Crippen molar-refractivity contribution in [3.8, 4) is 0 Å². The van der Waals surface area contributed by atoms with Gasteiger partial charge in [0.25, 0.3) is 0 Å². The number of hydrogen-bond acceptors (Lipinski definition) is 2. The Morgan fingerprint density at radius 3 is 2.30 bits per heavy atom. The van der Waals surface area contributed by atoms with Crippen LogP contribution >= 0.6 is 11.6 Å². The Balaban J connectivity index is 2.85. The van der Waals surface area contributed by atoms with Crippen LogP contribution in [-0.4, -0.2) is 11.6 Å². The van der Waals surface area contributed by atoms with Crippen molar-refractivity contribution in [3.05, 3.63) is 40.4 Å². The summed E-state index contributed by atoms with van der Waals surface area (Å²) in [5.74, 6) is -0.575. The van der Waals surface area contributed by atoms with Crippen molar-refractivity contribution in [2.45, 2.75) is 32.5 Å². The van der Waals surface area contributed by atoms with E-state index in [0.717, 1.165) is 18.2 Å². The maximum absolute atomic E-state index is 12.5. The Morgan fingerprint density at radius 1 is 1.25 bits per heavy atom. The molecule has 1 aromatic carbocycles. The fourth-order valence-electron chi connectivity index (χ4n) is 1.36. The van der Waals surface area contributed by atoms with Crippen LogP contribution in [0.15, 0.2) is 24.3 Å². The van der Waals surface area contributed by atoms with Gasteiger partial charge in [-0.05, 0) is 44.5 Å². The first-order valence-electron chi connectivity index (χ1n) is 5.77. The van der Waals surface area contributed by atoms with Crippen LogP contribution in [0.1, 0.15) is 31.9 Å². The van der Waals surface area contributed by atoms with Crippen molar-refractivity contribution in [2.75, 3.05) is 0 Å². The Morgan fingerprint density at radius 2 is 1.85 bits per heavy atom. The summed E-state index contributed by atoms with van der Waals surface area (Å²) in [4.78, 5) is 11.4. The average Bonchev–Trinajstić information content (AvgIpc) is 2.22. The van der Waals surface area contributed by atoms with E-state index in [-0.39, 0.29) is 0 Å². The lowest BCUT2D eigenvalue weighted by molar-refractivity contribution is -0.148. The van der Waals surface area contributed by atoms with Gasteiger partial charge in [0, 0.05) is 6.08 Å². The van der Waals surface area contributed by atoms with E-state index in [1.165, 1.54) is 12.1 Å². The molecule has 0 spiro atoms. The lowest BCUT2D eigenvalue weighted by Gasteiger charge is -2.17. The molecule has 0 radical (unpaired) electrons. The number of esters is 1. The molecule has 0 amide bonds. The molecule has 0 aromatic heterocycles. The summed E-state index contributed by atoms with van der Waals surface area (Å²) in [6, 6.07) is 3.25. The van der Waals surface area contributed by atoms with E-state index in [0.29, 0.717) is 5.56 Å². The van der Waals surface area contributed by atoms with Gasteiger partial charge in [-0.15, -0.1) is 0 Å². The topological polar surface area (TPSA) is 26.3 Å². The second-order valence-corrected chi connectivity index (χ2v) is 5.51. The van der Waals surface area contributed by atoms with E-state index >= 15 is 0 Å². The van der Waals surface area contributed by atoms with Gasteiger partial charge in [-0.1, -0.05) is 17.7 Å². The number of alkyl halides is 3. The van der Waals surface area contributed by atoms with E-state index in [1.54, 1.807) is 20.8 Å². The van der Waals surface area contributed by atoms with Gasteiger partial charge in [0.2, 0.25) is 0 Å². The summed E-state index contributed by atoms with van der Waals surface area (Å²) in [5, 5.41) is -0.413. The number of benzene rings is 1. The molecule has 0 fully saturated rings. The minimum atomic E-state index is -4.50. The highest BCUT2D eigenvalue weighted by Gasteiger charge is 2.32. The predicted octanol–water partition coefficient (Wildman–Crippen LogP) is 4.71. The Bertz CT molecular complexity index is 528. The summed E-state index contributed by atoms with van der Waals surface area (Å²) >= 11 is 5.57. The monoisotopic (exact) mass is 306 g/mol. The van der Waals surface area contributed by atoms with Gasteiger partial charge in [-0.2, -0.15) is 13.2 Å². The standard InChI is InChI=1S/C14H14ClF3O2/c1-13(2,3)20-12(19)7-5-9-4-6-10(11(15)8-9)14(16,17)18/h4-8H,1-3H3. The molecule has 6 heteroatoms. The van der Waals surface area contributed by atoms with Gasteiger partial charge in [-0.3, -0.25) is 0 Å². The summed E-state index contributed by atoms with van der Waals surface area (Å²) in [7, 11) is 0. The largest absolute Gasteiger partial charge is 0.457 e. The summed E-state index contributed by atoms with van der Waals surface area (Å²) in [5.41, 5.74) is -1.15. The van der Waals surface area contributed by atoms with Crippen molar-refractivity contribution in [2.24, 2.45) is 0 Å². The maximum atomic E-state index is 12.5. The van der Waals surface area contributed by atoms with Crippen LogP contribution in [0.4, 0.5) is 13.2 Å². The van der Waals surface area contributed by atoms with Crippen molar-refractivity contribution in [3.63, 3.8) is 0 Å². The third-order valence-electron chi connectivity index (χ3n) is 2.12. The number of carbonyl (C=O) groups excluding carboxylic acids is 1. The first-order valence-corrected chi connectivity index (χ1v) is 6.14. The van der Waals surface area contributed by atoms with Crippen molar-refractivity contribution >= 4 is 23.6 Å². The van der Waals surface area contributed by atoms with Gasteiger partial charge in [-0.25, -0.2) is 4.79 Å². The van der Waals surface area contributed by atoms with E-state index in [9.17, 15) is 18.0 Å². The molecule has 1 aromatic rings. The molecule has 0 atom stereocenters. The Labute approximate surface area is 120 Å². The number of rotatable bonds is 2. The highest BCUT2D eigenvalue weighted by atomic mass is 35.5. The van der Waals surface area contributed by atoms with Crippen LogP contribution in [0.25, 0.3) is 6.08 Å². The first kappa shape index (κ1) is 16.6. The van der Waals surface area contributed by atoms with E-state index in [1.807, 2.05) is 0 Å². The fraction of sp³-hybridized carbons (Fsp3) is 0.357. The molecule has 0 bridgehead atoms. The van der Waals surface area contributed by atoms with Crippen LogP contribution < -0.4 is 0 Å². The first-order chi connectivity index (χ1) is 8.99. The van der Waals surface area contributed by atoms with Gasteiger partial charge in [0.1, 0.15) is 5.60 Å². The molecule has 0 aliphatic carbocycles. The van der Waals surface area contributed by atoms with Crippen molar-refractivity contribution in [1.82, 2.24) is 0 Å².